The lowest BCUT2D eigenvalue weighted by atomic mass is 9.85. The van der Waals surface area contributed by atoms with Gasteiger partial charge < -0.3 is 0 Å². The van der Waals surface area contributed by atoms with Crippen molar-refractivity contribution < 1.29 is 14.5 Å². The van der Waals surface area contributed by atoms with Gasteiger partial charge in [-0.1, -0.05) is 35.8 Å². The van der Waals surface area contributed by atoms with Crippen molar-refractivity contribution >= 4 is 23.2 Å². The van der Waals surface area contributed by atoms with Crippen molar-refractivity contribution in [2.24, 2.45) is 23.7 Å². The van der Waals surface area contributed by atoms with Gasteiger partial charge in [0.25, 0.3) is 5.69 Å². The van der Waals surface area contributed by atoms with Crippen molar-refractivity contribution in [2.75, 3.05) is 4.90 Å². The highest BCUT2D eigenvalue weighted by Gasteiger charge is 2.62. The molecule has 2 amide bonds. The minimum atomic E-state index is -0.508. The summed E-state index contributed by atoms with van der Waals surface area (Å²) in [6, 6.07) is 5.79. The number of fused-ring (bicyclic) bond motifs is 5. The van der Waals surface area contributed by atoms with Crippen LogP contribution in [0.3, 0.4) is 0 Å². The van der Waals surface area contributed by atoms with Crippen LogP contribution in [-0.2, 0) is 9.59 Å². The Morgan fingerprint density at radius 2 is 1.59 bits per heavy atom. The summed E-state index contributed by atoms with van der Waals surface area (Å²) in [5.74, 6) is -1.08. The molecule has 4 atom stereocenters. The van der Waals surface area contributed by atoms with Crippen molar-refractivity contribution in [2.45, 2.75) is 32.1 Å². The van der Waals surface area contributed by atoms with E-state index in [9.17, 15) is 19.7 Å². The molecule has 0 spiro atoms. The smallest absolute Gasteiger partial charge is 0.271 e. The average molecular weight is 364 g/mol. The lowest BCUT2D eigenvalue weighted by Crippen LogP contribution is -2.33. The molecule has 27 heavy (non-hydrogen) atoms. The quantitative estimate of drug-likeness (QED) is 0.346. The van der Waals surface area contributed by atoms with E-state index in [1.165, 1.54) is 53.5 Å². The molecule has 6 heteroatoms. The molecule has 6 nitrogen and oxygen atoms in total. The number of nitrogens with zero attached hydrogens (tertiary/aromatic N) is 2. The summed E-state index contributed by atoms with van der Waals surface area (Å²) in [6.07, 6.45) is 10.0. The highest BCUT2D eigenvalue weighted by atomic mass is 16.6. The number of benzene rings is 1. The van der Waals surface area contributed by atoms with Gasteiger partial charge >= 0.3 is 0 Å². The van der Waals surface area contributed by atoms with Gasteiger partial charge in [0.2, 0.25) is 11.8 Å². The first-order valence-corrected chi connectivity index (χ1v) is 9.60. The highest BCUT2D eigenvalue weighted by Crippen LogP contribution is 2.58. The predicted molar refractivity (Wildman–Crippen MR) is 98.8 cm³/mol. The van der Waals surface area contributed by atoms with E-state index >= 15 is 0 Å². The lowest BCUT2D eigenvalue weighted by molar-refractivity contribution is -0.384. The normalized spacial score (nSPS) is 31.8. The van der Waals surface area contributed by atoms with E-state index in [-0.39, 0.29) is 41.2 Å². The molecule has 138 valence electrons. The third-order valence-electron chi connectivity index (χ3n) is 6.58. The molecule has 4 aliphatic rings. The standard InChI is InChI=1S/C21H20N2O4/c24-20-18-15-9-10-16(17(15)12-5-2-1-3-6-12)19(18)21(25)22(20)13-7-4-8-14(11-13)23(26)27/h4,7-11,15-16,18-19H,1-3,5-6H2/t15-,16+,18-,19-/m0/s1. The number of rotatable bonds is 2. The van der Waals surface area contributed by atoms with E-state index in [4.69, 9.17) is 0 Å². The maximum Gasteiger partial charge on any atom is 0.271 e. The fourth-order valence-corrected chi connectivity index (χ4v) is 5.50. The molecule has 0 N–H and O–H groups in total. The van der Waals surface area contributed by atoms with Gasteiger partial charge in [-0.15, -0.1) is 0 Å². The third kappa shape index (κ3) is 2.25. The van der Waals surface area contributed by atoms with Crippen LogP contribution in [0.4, 0.5) is 11.4 Å². The number of imide groups is 1. The van der Waals surface area contributed by atoms with Gasteiger partial charge in [0.15, 0.2) is 0 Å². The zero-order chi connectivity index (χ0) is 18.7. The molecule has 1 saturated heterocycles. The topological polar surface area (TPSA) is 80.5 Å². The Hall–Kier alpha value is -2.76. The van der Waals surface area contributed by atoms with Crippen molar-refractivity contribution in [3.63, 3.8) is 0 Å². The van der Waals surface area contributed by atoms with Crippen molar-refractivity contribution in [1.82, 2.24) is 0 Å². The second-order valence-electron chi connectivity index (χ2n) is 7.90. The summed E-state index contributed by atoms with van der Waals surface area (Å²) in [6.45, 7) is 0. The van der Waals surface area contributed by atoms with E-state index in [2.05, 4.69) is 12.2 Å². The Balaban J connectivity index is 1.52. The molecule has 2 bridgehead atoms. The van der Waals surface area contributed by atoms with Crippen LogP contribution < -0.4 is 4.90 Å². The summed E-state index contributed by atoms with van der Waals surface area (Å²) in [4.78, 5) is 38.1. The van der Waals surface area contributed by atoms with Crippen LogP contribution in [-0.4, -0.2) is 16.7 Å². The van der Waals surface area contributed by atoms with E-state index < -0.39 is 4.92 Å². The summed E-state index contributed by atoms with van der Waals surface area (Å²) in [5.41, 5.74) is 2.97. The molecule has 1 heterocycles. The van der Waals surface area contributed by atoms with E-state index in [0.29, 0.717) is 5.69 Å². The molecule has 5 rings (SSSR count). The molecule has 0 unspecified atom stereocenters. The second kappa shape index (κ2) is 5.87. The third-order valence-corrected chi connectivity index (χ3v) is 6.58. The summed E-state index contributed by atoms with van der Waals surface area (Å²) in [7, 11) is 0. The van der Waals surface area contributed by atoms with Crippen LogP contribution in [0, 0.1) is 33.8 Å². The Morgan fingerprint density at radius 1 is 0.963 bits per heavy atom. The summed E-state index contributed by atoms with van der Waals surface area (Å²) >= 11 is 0. The summed E-state index contributed by atoms with van der Waals surface area (Å²) < 4.78 is 0. The fourth-order valence-electron chi connectivity index (χ4n) is 5.50. The minimum Gasteiger partial charge on any atom is -0.274 e. The van der Waals surface area contributed by atoms with Crippen molar-refractivity contribution in [3.05, 3.63) is 57.7 Å². The van der Waals surface area contributed by atoms with Gasteiger partial charge in [0.1, 0.15) is 0 Å². The van der Waals surface area contributed by atoms with Crippen molar-refractivity contribution in [3.8, 4) is 0 Å². The number of carbonyl (C=O) groups excluding carboxylic acids is 2. The SMILES string of the molecule is O=C1[C@@H]2[C@@H](C(=O)N1c1cccc([N+](=O)[O-])c1)[C@H]1C=C[C@@H]2C1=C1CCCCC1. The van der Waals surface area contributed by atoms with Gasteiger partial charge in [0.05, 0.1) is 22.4 Å². The number of hydrogen-bond acceptors (Lipinski definition) is 4. The number of carbonyl (C=O) groups is 2. The molecule has 1 aromatic carbocycles. The van der Waals surface area contributed by atoms with Crippen LogP contribution >= 0.6 is 0 Å². The van der Waals surface area contributed by atoms with Gasteiger partial charge in [-0.25, -0.2) is 4.90 Å². The maximum atomic E-state index is 13.2. The second-order valence-corrected chi connectivity index (χ2v) is 7.90. The fraction of sp³-hybridized carbons (Fsp3) is 0.429. The largest absolute Gasteiger partial charge is 0.274 e. The van der Waals surface area contributed by atoms with Crippen LogP contribution in [0.2, 0.25) is 0 Å². The molecule has 2 saturated carbocycles. The molecule has 3 aliphatic carbocycles. The van der Waals surface area contributed by atoms with Crippen LogP contribution in [0.15, 0.2) is 47.6 Å². The van der Waals surface area contributed by atoms with Gasteiger partial charge in [-0.2, -0.15) is 0 Å². The molecule has 1 aromatic rings. The number of allylic oxidation sites excluding steroid dienone is 4. The van der Waals surface area contributed by atoms with Crippen LogP contribution in [0.5, 0.6) is 0 Å². The van der Waals surface area contributed by atoms with Gasteiger partial charge in [-0.05, 0) is 31.7 Å². The Bertz CT molecular complexity index is 890. The molecule has 0 radical (unpaired) electrons. The predicted octanol–water partition coefficient (Wildman–Crippen LogP) is 3.78. The van der Waals surface area contributed by atoms with Gasteiger partial charge in [0, 0.05) is 24.0 Å². The van der Waals surface area contributed by atoms with Gasteiger partial charge in [-0.3, -0.25) is 19.7 Å². The summed E-state index contributed by atoms with van der Waals surface area (Å²) in [5, 5.41) is 11.1. The highest BCUT2D eigenvalue weighted by molar-refractivity contribution is 6.23. The first kappa shape index (κ1) is 16.4. The number of nitro benzene ring substituents is 1. The average Bonchev–Trinajstić information content (AvgIpc) is 3.32. The molecular formula is C21H20N2O4. The van der Waals surface area contributed by atoms with Crippen LogP contribution in [0.25, 0.3) is 0 Å². The Labute approximate surface area is 156 Å². The minimum absolute atomic E-state index is 0.0215. The number of nitro groups is 1. The molecule has 3 fully saturated rings. The molecular weight excluding hydrogens is 344 g/mol. The van der Waals surface area contributed by atoms with E-state index in [1.807, 2.05) is 0 Å². The Kier molecular flexibility index (Phi) is 3.57. The zero-order valence-corrected chi connectivity index (χ0v) is 14.8. The van der Waals surface area contributed by atoms with Crippen LogP contribution in [0.1, 0.15) is 32.1 Å². The first-order chi connectivity index (χ1) is 13.1. The maximum absolute atomic E-state index is 13.2. The monoisotopic (exact) mass is 364 g/mol. The number of non-ortho nitro benzene ring substituents is 1. The van der Waals surface area contributed by atoms with E-state index in [0.717, 1.165) is 12.8 Å². The first-order valence-electron chi connectivity index (χ1n) is 9.60. The number of amides is 2. The van der Waals surface area contributed by atoms with Crippen molar-refractivity contribution in [1.29, 1.82) is 0 Å². The lowest BCUT2D eigenvalue weighted by Gasteiger charge is -2.23. The van der Waals surface area contributed by atoms with E-state index in [1.54, 1.807) is 6.07 Å². The molecule has 1 aliphatic heterocycles. The number of anilines is 1. The Morgan fingerprint density at radius 3 is 2.19 bits per heavy atom. The number of hydrogen-bond donors (Lipinski definition) is 0. The molecule has 0 aromatic heterocycles. The zero-order valence-electron chi connectivity index (χ0n) is 14.8.